The molecule has 0 saturated heterocycles. The number of aryl methyl sites for hydroxylation is 4. The molecule has 292 valence electrons. The lowest BCUT2D eigenvalue weighted by atomic mass is 10.0. The first-order valence-electron chi connectivity index (χ1n) is 21.0. The number of rotatable bonds is 20. The third-order valence-corrected chi connectivity index (χ3v) is 10.6. The Balaban J connectivity index is 0.811. The van der Waals surface area contributed by atoms with Crippen LogP contribution in [0.2, 0.25) is 0 Å². The molecule has 57 heavy (non-hydrogen) atoms. The molecule has 6 aromatic rings. The molecule has 0 amide bonds. The van der Waals surface area contributed by atoms with Gasteiger partial charge >= 0.3 is 11.9 Å². The summed E-state index contributed by atoms with van der Waals surface area (Å²) >= 11 is 0. The van der Waals surface area contributed by atoms with Gasteiger partial charge in [0.05, 0.1) is 11.1 Å². The van der Waals surface area contributed by atoms with Crippen molar-refractivity contribution in [2.24, 2.45) is 0 Å². The fourth-order valence-corrected chi connectivity index (χ4v) is 7.22. The van der Waals surface area contributed by atoms with Gasteiger partial charge < -0.3 is 9.47 Å². The summed E-state index contributed by atoms with van der Waals surface area (Å²) in [4.78, 5) is 25.6. The molecule has 0 aliphatic heterocycles. The minimum absolute atomic E-state index is 0.342. The van der Waals surface area contributed by atoms with Gasteiger partial charge in [-0.2, -0.15) is 0 Å². The second-order valence-electron chi connectivity index (χ2n) is 15.1. The molecule has 0 fully saturated rings. The summed E-state index contributed by atoms with van der Waals surface area (Å²) in [6, 6.07) is 48.4. The molecule has 6 aromatic carbocycles. The molecule has 0 aliphatic rings. The van der Waals surface area contributed by atoms with E-state index in [0.717, 1.165) is 73.6 Å². The van der Waals surface area contributed by atoms with Crippen molar-refractivity contribution < 1.29 is 19.1 Å². The van der Waals surface area contributed by atoms with Gasteiger partial charge in [-0.1, -0.05) is 156 Å². The van der Waals surface area contributed by atoms with Crippen LogP contribution in [0.25, 0.3) is 22.3 Å². The molecule has 0 aliphatic carbocycles. The van der Waals surface area contributed by atoms with Gasteiger partial charge in [0.2, 0.25) is 0 Å². The Labute approximate surface area is 339 Å². The molecule has 0 atom stereocenters. The average Bonchev–Trinajstić information content (AvgIpc) is 3.25. The predicted molar refractivity (Wildman–Crippen MR) is 234 cm³/mol. The molecule has 0 heterocycles. The van der Waals surface area contributed by atoms with Crippen LogP contribution >= 0.6 is 0 Å². The first kappa shape index (κ1) is 40.9. The lowest BCUT2D eigenvalue weighted by molar-refractivity contribution is 0.0725. The van der Waals surface area contributed by atoms with E-state index in [9.17, 15) is 9.59 Å². The first-order valence-corrected chi connectivity index (χ1v) is 21.0. The summed E-state index contributed by atoms with van der Waals surface area (Å²) in [5, 5.41) is 0. The lowest BCUT2D eigenvalue weighted by Crippen LogP contribution is -2.08. The Morgan fingerprint density at radius 3 is 0.912 bits per heavy atom. The van der Waals surface area contributed by atoms with E-state index in [2.05, 4.69) is 86.6 Å². The third-order valence-electron chi connectivity index (χ3n) is 10.6. The molecule has 0 unspecified atom stereocenters. The second kappa shape index (κ2) is 21.5. The minimum Gasteiger partial charge on any atom is -0.423 e. The van der Waals surface area contributed by atoms with Crippen LogP contribution in [0.1, 0.15) is 115 Å². The maximum Gasteiger partial charge on any atom is 0.343 e. The molecule has 0 radical (unpaired) electrons. The normalized spacial score (nSPS) is 11.0. The molecule has 4 heteroatoms. The van der Waals surface area contributed by atoms with Gasteiger partial charge in [-0.05, 0) is 132 Å². The van der Waals surface area contributed by atoms with Gasteiger partial charge in [-0.25, -0.2) is 9.59 Å². The van der Waals surface area contributed by atoms with Crippen molar-refractivity contribution >= 4 is 11.9 Å². The number of esters is 2. The maximum atomic E-state index is 12.8. The van der Waals surface area contributed by atoms with Crippen LogP contribution in [0.3, 0.4) is 0 Å². The topological polar surface area (TPSA) is 52.6 Å². The molecule has 0 saturated carbocycles. The monoisotopic (exact) mass is 756 g/mol. The van der Waals surface area contributed by atoms with Gasteiger partial charge in [-0.15, -0.1) is 0 Å². The minimum atomic E-state index is -0.342. The standard InChI is InChI=1S/C53H56O4/c1-3-12-40-16-24-44(25-17-40)46-28-32-48(33-29-46)52(54)56-50-36-20-42(21-37-50)14-10-8-6-5-7-9-11-15-43-22-38-51(39-23-43)57-53(55)49-34-30-47(31-35-49)45-26-18-41(13-4-2)19-27-45/h16-39H,3-15H2,1-2H3. The molecule has 0 N–H and O–H groups in total. The van der Waals surface area contributed by atoms with E-state index in [-0.39, 0.29) is 11.9 Å². The van der Waals surface area contributed by atoms with E-state index in [1.807, 2.05) is 72.8 Å². The van der Waals surface area contributed by atoms with Gasteiger partial charge in [0.15, 0.2) is 0 Å². The highest BCUT2D eigenvalue weighted by atomic mass is 16.5. The van der Waals surface area contributed by atoms with Crippen molar-refractivity contribution in [3.05, 3.63) is 179 Å². The van der Waals surface area contributed by atoms with Crippen molar-refractivity contribution in [1.82, 2.24) is 0 Å². The van der Waals surface area contributed by atoms with Crippen LogP contribution in [0.5, 0.6) is 11.5 Å². The lowest BCUT2D eigenvalue weighted by Gasteiger charge is -2.08. The zero-order valence-electron chi connectivity index (χ0n) is 33.7. The Hall–Kier alpha value is -5.74. The second-order valence-corrected chi connectivity index (χ2v) is 15.1. The van der Waals surface area contributed by atoms with Crippen molar-refractivity contribution in [1.29, 1.82) is 0 Å². The Morgan fingerprint density at radius 1 is 0.333 bits per heavy atom. The van der Waals surface area contributed by atoms with Crippen molar-refractivity contribution in [3.63, 3.8) is 0 Å². The quantitative estimate of drug-likeness (QED) is 0.0442. The molecule has 4 nitrogen and oxygen atoms in total. The number of hydrogen-bond donors (Lipinski definition) is 0. The van der Waals surface area contributed by atoms with Crippen LogP contribution in [-0.2, 0) is 25.7 Å². The summed E-state index contributed by atoms with van der Waals surface area (Å²) in [5.74, 6) is 0.456. The molecular weight excluding hydrogens is 701 g/mol. The number of carbonyl (C=O) groups excluding carboxylic acids is 2. The smallest absolute Gasteiger partial charge is 0.343 e. The summed E-state index contributed by atoms with van der Waals surface area (Å²) in [6.07, 6.45) is 15.0. The van der Waals surface area contributed by atoms with E-state index < -0.39 is 0 Å². The summed E-state index contributed by atoms with van der Waals surface area (Å²) in [7, 11) is 0. The van der Waals surface area contributed by atoms with Gasteiger partial charge in [-0.3, -0.25) is 0 Å². The highest BCUT2D eigenvalue weighted by Crippen LogP contribution is 2.24. The highest BCUT2D eigenvalue weighted by Gasteiger charge is 2.11. The van der Waals surface area contributed by atoms with Crippen LogP contribution in [-0.4, -0.2) is 11.9 Å². The first-order chi connectivity index (χ1) is 28.0. The van der Waals surface area contributed by atoms with E-state index in [0.29, 0.717) is 22.6 Å². The van der Waals surface area contributed by atoms with Crippen molar-refractivity contribution in [3.8, 4) is 33.8 Å². The van der Waals surface area contributed by atoms with Crippen LogP contribution in [0.4, 0.5) is 0 Å². The Bertz CT molecular complexity index is 1960. The highest BCUT2D eigenvalue weighted by molar-refractivity contribution is 5.92. The zero-order valence-corrected chi connectivity index (χ0v) is 33.7. The van der Waals surface area contributed by atoms with Crippen LogP contribution in [0, 0.1) is 0 Å². The fourth-order valence-electron chi connectivity index (χ4n) is 7.22. The van der Waals surface area contributed by atoms with E-state index in [1.54, 1.807) is 0 Å². The van der Waals surface area contributed by atoms with Gasteiger partial charge in [0, 0.05) is 0 Å². The number of hydrogen-bond acceptors (Lipinski definition) is 4. The van der Waals surface area contributed by atoms with Crippen molar-refractivity contribution in [2.75, 3.05) is 0 Å². The molecule has 0 aromatic heterocycles. The number of ether oxygens (including phenoxy) is 2. The third kappa shape index (κ3) is 12.6. The number of carbonyl (C=O) groups is 2. The Kier molecular flexibility index (Phi) is 15.5. The van der Waals surface area contributed by atoms with Gasteiger partial charge in [0.25, 0.3) is 0 Å². The van der Waals surface area contributed by atoms with E-state index >= 15 is 0 Å². The summed E-state index contributed by atoms with van der Waals surface area (Å²) < 4.78 is 11.3. The van der Waals surface area contributed by atoms with Crippen molar-refractivity contribution in [2.45, 2.75) is 97.3 Å². The van der Waals surface area contributed by atoms with Crippen LogP contribution in [0.15, 0.2) is 146 Å². The molecule has 6 rings (SSSR count). The van der Waals surface area contributed by atoms with E-state index in [1.165, 1.54) is 54.4 Å². The predicted octanol–water partition coefficient (Wildman–Crippen LogP) is 13.9. The zero-order chi connectivity index (χ0) is 39.7. The Morgan fingerprint density at radius 2 is 0.596 bits per heavy atom. The average molecular weight is 757 g/mol. The maximum absolute atomic E-state index is 12.8. The number of benzene rings is 6. The molecule has 0 spiro atoms. The molecular formula is C53H56O4. The fraction of sp³-hybridized carbons (Fsp3) is 0.283. The van der Waals surface area contributed by atoms with Gasteiger partial charge in [0.1, 0.15) is 11.5 Å². The summed E-state index contributed by atoms with van der Waals surface area (Å²) in [6.45, 7) is 4.38. The SMILES string of the molecule is CCCc1ccc(-c2ccc(C(=O)Oc3ccc(CCCCCCCCCc4ccc(OC(=O)c5ccc(-c6ccc(CCC)cc6)cc5)cc4)cc3)cc2)cc1. The number of unbranched alkanes of at least 4 members (excludes halogenated alkanes) is 6. The summed E-state index contributed by atoms with van der Waals surface area (Å²) in [5.41, 5.74) is 10.8. The van der Waals surface area contributed by atoms with Crippen LogP contribution < -0.4 is 9.47 Å². The largest absolute Gasteiger partial charge is 0.423 e. The molecule has 0 bridgehead atoms. The van der Waals surface area contributed by atoms with E-state index in [4.69, 9.17) is 9.47 Å².